The Morgan fingerprint density at radius 1 is 1.25 bits per heavy atom. The van der Waals surface area contributed by atoms with Crippen molar-refractivity contribution < 1.29 is 22.8 Å². The van der Waals surface area contributed by atoms with E-state index in [1.54, 1.807) is 6.92 Å². The van der Waals surface area contributed by atoms with Gasteiger partial charge in [-0.15, -0.1) is 0 Å². The van der Waals surface area contributed by atoms with Crippen LogP contribution in [0.25, 0.3) is 11.0 Å². The second-order valence-corrected chi connectivity index (χ2v) is 9.53. The number of nitrogens with one attached hydrogen (secondary N) is 2. The van der Waals surface area contributed by atoms with Gasteiger partial charge in [0, 0.05) is 25.2 Å². The van der Waals surface area contributed by atoms with Gasteiger partial charge in [0.25, 0.3) is 0 Å². The number of nitrogens with zero attached hydrogens (tertiary/aromatic N) is 5. The Morgan fingerprint density at radius 3 is 2.78 bits per heavy atom. The van der Waals surface area contributed by atoms with Gasteiger partial charge in [0.2, 0.25) is 0 Å². The summed E-state index contributed by atoms with van der Waals surface area (Å²) in [6.07, 6.45) is -3.59. The van der Waals surface area contributed by atoms with Crippen LogP contribution < -0.4 is 15.1 Å². The van der Waals surface area contributed by atoms with Crippen LogP contribution in [0.15, 0.2) is 18.2 Å². The molecule has 1 fully saturated rings. The van der Waals surface area contributed by atoms with Crippen LogP contribution in [0.1, 0.15) is 47.9 Å². The maximum absolute atomic E-state index is 13.6. The Morgan fingerprint density at radius 2 is 2.03 bits per heavy atom. The van der Waals surface area contributed by atoms with Crippen molar-refractivity contribution in [3.05, 3.63) is 35.2 Å². The summed E-state index contributed by atoms with van der Waals surface area (Å²) in [5.74, 6) is -1.92. The first-order valence-electron chi connectivity index (χ1n) is 11.8. The van der Waals surface area contributed by atoms with Crippen molar-refractivity contribution in [3.63, 3.8) is 0 Å². The zero-order valence-corrected chi connectivity index (χ0v) is 20.1. The summed E-state index contributed by atoms with van der Waals surface area (Å²) in [5, 5.41) is 10.5. The number of aryl methyl sites for hydroxylation is 2. The number of piperidine rings is 1. The summed E-state index contributed by atoms with van der Waals surface area (Å²) in [7, 11) is 0. The van der Waals surface area contributed by atoms with Crippen molar-refractivity contribution in [3.8, 4) is 0 Å². The van der Waals surface area contributed by atoms with Gasteiger partial charge < -0.3 is 4.90 Å². The number of hydrogen-bond donors (Lipinski definition) is 2. The molecule has 2 aliphatic rings. The minimum absolute atomic E-state index is 0.0776. The number of amides is 2. The summed E-state index contributed by atoms with van der Waals surface area (Å²) < 4.78 is 39.2. The average Bonchev–Trinajstić information content (AvgIpc) is 3.19. The van der Waals surface area contributed by atoms with E-state index in [4.69, 9.17) is 0 Å². The molecule has 1 saturated heterocycles. The number of ketones is 1. The van der Waals surface area contributed by atoms with Gasteiger partial charge in [-0.05, 0) is 50.5 Å². The number of aromatic nitrogens is 4. The van der Waals surface area contributed by atoms with E-state index in [0.717, 1.165) is 32.0 Å². The Balaban J connectivity index is 1.51. The minimum atomic E-state index is -4.48. The fraction of sp³-hybridized carbons (Fsp3) is 0.458. The molecule has 2 bridgehead atoms. The molecule has 2 aliphatic heterocycles. The van der Waals surface area contributed by atoms with Gasteiger partial charge in [0.15, 0.2) is 23.1 Å². The fourth-order valence-corrected chi connectivity index (χ4v) is 4.91. The second-order valence-electron chi connectivity index (χ2n) is 9.53. The summed E-state index contributed by atoms with van der Waals surface area (Å²) in [4.78, 5) is 38.8. The normalized spacial score (nSPS) is 18.2. The van der Waals surface area contributed by atoms with Crippen molar-refractivity contribution >= 4 is 40.2 Å². The molecule has 0 spiro atoms. The van der Waals surface area contributed by atoms with Crippen LogP contribution in [0.3, 0.4) is 0 Å². The molecule has 0 aliphatic carbocycles. The first-order valence-corrected chi connectivity index (χ1v) is 11.8. The number of urea groups is 1. The third-order valence-electron chi connectivity index (χ3n) is 6.81. The molecule has 0 radical (unpaired) electrons. The van der Waals surface area contributed by atoms with E-state index >= 15 is 0 Å². The molecule has 36 heavy (non-hydrogen) atoms. The van der Waals surface area contributed by atoms with Gasteiger partial charge in [-0.2, -0.15) is 18.3 Å². The van der Waals surface area contributed by atoms with Gasteiger partial charge in [-0.1, -0.05) is 6.92 Å². The Bertz CT molecular complexity index is 1350. The van der Waals surface area contributed by atoms with E-state index < -0.39 is 30.3 Å². The monoisotopic (exact) mass is 501 g/mol. The van der Waals surface area contributed by atoms with Crippen LogP contribution in [0.4, 0.5) is 35.3 Å². The van der Waals surface area contributed by atoms with Crippen LogP contribution in [-0.4, -0.2) is 57.3 Å². The molecule has 0 unspecified atom stereocenters. The lowest BCUT2D eigenvalue weighted by Crippen LogP contribution is -2.56. The number of carbonyl (C=O) groups is 2. The lowest BCUT2D eigenvalue weighted by atomic mass is 9.96. The van der Waals surface area contributed by atoms with Crippen LogP contribution >= 0.6 is 0 Å². The quantitative estimate of drug-likeness (QED) is 0.499. The molecule has 9 nitrogen and oxygen atoms in total. The molecule has 2 atom stereocenters. The Kier molecular flexibility index (Phi) is 5.84. The molecule has 5 rings (SSSR count). The number of hydrogen-bond acceptors (Lipinski definition) is 6. The highest BCUT2D eigenvalue weighted by molar-refractivity contribution is 6.08. The first kappa shape index (κ1) is 24.0. The highest BCUT2D eigenvalue weighted by Crippen LogP contribution is 2.41. The number of fused-ring (bicyclic) bond motifs is 5. The number of carbonyl (C=O) groups excluding carboxylic acids is 2. The van der Waals surface area contributed by atoms with Crippen molar-refractivity contribution in [1.82, 2.24) is 20.2 Å². The molecule has 0 saturated carbocycles. The molecular formula is C24H26F3N7O2. The van der Waals surface area contributed by atoms with Crippen molar-refractivity contribution in [2.45, 2.75) is 52.3 Å². The molecule has 3 aromatic heterocycles. The molecule has 0 aromatic carbocycles. The summed E-state index contributed by atoms with van der Waals surface area (Å²) >= 11 is 0. The molecule has 12 heteroatoms. The van der Waals surface area contributed by atoms with Gasteiger partial charge in [0.1, 0.15) is 5.69 Å². The number of aromatic amines is 1. The minimum Gasteiger partial charge on any atom is -0.366 e. The summed E-state index contributed by atoms with van der Waals surface area (Å²) in [6.45, 7) is 5.98. The number of halogens is 3. The average molecular weight is 502 g/mol. The third-order valence-corrected chi connectivity index (χ3v) is 6.81. The van der Waals surface area contributed by atoms with Crippen molar-refractivity contribution in [2.24, 2.45) is 5.92 Å². The van der Waals surface area contributed by atoms with E-state index in [1.165, 1.54) is 11.0 Å². The highest BCUT2D eigenvalue weighted by Gasteiger charge is 2.41. The second kappa shape index (κ2) is 8.75. The number of anilines is 3. The van der Waals surface area contributed by atoms with Crippen LogP contribution in [0, 0.1) is 19.8 Å². The zero-order valence-electron chi connectivity index (χ0n) is 20.1. The van der Waals surface area contributed by atoms with Crippen molar-refractivity contribution in [1.29, 1.82) is 0 Å². The topological polar surface area (TPSA) is 107 Å². The number of alkyl halides is 3. The van der Waals surface area contributed by atoms with Crippen molar-refractivity contribution in [2.75, 3.05) is 28.2 Å². The Labute approximate surface area is 205 Å². The maximum Gasteiger partial charge on any atom is 0.391 e. The highest BCUT2D eigenvalue weighted by atomic mass is 19.4. The Hall–Kier alpha value is -3.70. The van der Waals surface area contributed by atoms with E-state index in [1.807, 2.05) is 19.1 Å². The standard InChI is InChI=1S/C24H26F3N7O2/c1-12-9-17(18(35)10-13(2)24(25,26)27)29-22-19(12)33-8-4-5-15(11-33)34(22)23(36)30-21-16-7-6-14(3)28-20(16)31-32-21/h6-7,9,13,15H,4-5,8,10-11H2,1-3H3,(H2,28,30,31,32,36)/t13-,15-/m0/s1. The van der Waals surface area contributed by atoms with Crippen LogP contribution in [0.5, 0.6) is 0 Å². The van der Waals surface area contributed by atoms with Gasteiger partial charge in [-0.3, -0.25) is 20.1 Å². The number of pyridine rings is 2. The fourth-order valence-electron chi connectivity index (χ4n) is 4.91. The maximum atomic E-state index is 13.6. The van der Waals surface area contributed by atoms with Gasteiger partial charge in [-0.25, -0.2) is 14.8 Å². The lowest BCUT2D eigenvalue weighted by Gasteiger charge is -2.46. The third kappa shape index (κ3) is 4.24. The van der Waals surface area contributed by atoms with Crippen LogP contribution in [-0.2, 0) is 0 Å². The van der Waals surface area contributed by atoms with E-state index in [2.05, 4.69) is 30.4 Å². The lowest BCUT2D eigenvalue weighted by molar-refractivity contribution is -0.168. The molecule has 190 valence electrons. The number of rotatable bonds is 4. The molecule has 2 N–H and O–H groups in total. The van der Waals surface area contributed by atoms with E-state index in [9.17, 15) is 22.8 Å². The van der Waals surface area contributed by atoms with Gasteiger partial charge >= 0.3 is 12.2 Å². The molecular weight excluding hydrogens is 475 g/mol. The largest absolute Gasteiger partial charge is 0.391 e. The van der Waals surface area contributed by atoms with Crippen LogP contribution in [0.2, 0.25) is 0 Å². The predicted molar refractivity (Wildman–Crippen MR) is 128 cm³/mol. The van der Waals surface area contributed by atoms with E-state index in [-0.39, 0.29) is 17.6 Å². The molecule has 5 heterocycles. The summed E-state index contributed by atoms with van der Waals surface area (Å²) in [5.41, 5.74) is 2.66. The zero-order chi connectivity index (χ0) is 25.8. The molecule has 3 aromatic rings. The smallest absolute Gasteiger partial charge is 0.366 e. The van der Waals surface area contributed by atoms with Gasteiger partial charge in [0.05, 0.1) is 23.0 Å². The summed E-state index contributed by atoms with van der Waals surface area (Å²) in [6, 6.07) is 4.46. The first-order chi connectivity index (χ1) is 17.0. The molecule has 2 amide bonds. The number of H-pyrrole nitrogens is 1. The predicted octanol–water partition coefficient (Wildman–Crippen LogP) is 4.76. The SMILES string of the molecule is Cc1ccc2c(NC(=O)N3c4nc(C(=O)C[C@H](C)C(F)(F)F)cc(C)c4N4CCC[C@H]3C4)n[nH]c2n1. The number of Topliss-reactive ketones (excluding diaryl/α,β-unsaturated/α-hetero) is 1. The van der Waals surface area contributed by atoms with E-state index in [0.29, 0.717) is 34.6 Å².